The quantitative estimate of drug-likeness (QED) is 0.599. The maximum absolute atomic E-state index is 8.60. The maximum Gasteiger partial charge on any atom is 0.183 e. The van der Waals surface area contributed by atoms with Crippen molar-refractivity contribution in [3.05, 3.63) is 35.4 Å². The molecular weight excluding hydrogens is 274 g/mol. The number of hydrogen-bond acceptors (Lipinski definition) is 6. The molecule has 1 aliphatic heterocycles. The first-order valence-corrected chi connectivity index (χ1v) is 6.94. The Labute approximate surface area is 113 Å². The molecule has 6 nitrogen and oxygen atoms in total. The van der Waals surface area contributed by atoms with E-state index in [1.807, 2.05) is 0 Å². The van der Waals surface area contributed by atoms with Crippen LogP contribution in [-0.2, 0) is 17.6 Å². The molecule has 0 spiro atoms. The summed E-state index contributed by atoms with van der Waals surface area (Å²) in [5, 5.41) is 0. The fourth-order valence-electron chi connectivity index (χ4n) is 1.83. The molecule has 1 aromatic rings. The van der Waals surface area contributed by atoms with E-state index in [1.165, 1.54) is 11.1 Å². The van der Waals surface area contributed by atoms with Crippen LogP contribution in [0, 0.1) is 10.2 Å². The highest BCUT2D eigenvalue weighted by atomic mass is 35.7. The molecular formula is C12H16ClNO5. The van der Waals surface area contributed by atoms with Crippen molar-refractivity contribution in [3.8, 4) is 0 Å². The van der Waals surface area contributed by atoms with Gasteiger partial charge in [-0.1, -0.05) is 24.3 Å². The van der Waals surface area contributed by atoms with Crippen molar-refractivity contribution in [2.24, 2.45) is 4.99 Å². The number of aryl methyl sites for hydroxylation is 1. The molecule has 0 bridgehead atoms. The predicted octanol–water partition coefficient (Wildman–Crippen LogP) is -1.90. The van der Waals surface area contributed by atoms with Gasteiger partial charge in [-0.05, 0) is 24.0 Å². The fourth-order valence-corrected chi connectivity index (χ4v) is 1.83. The van der Waals surface area contributed by atoms with Crippen LogP contribution in [0.5, 0.6) is 0 Å². The number of benzene rings is 1. The topological polar surface area (TPSA) is 111 Å². The number of halogens is 1. The fraction of sp³-hybridized carbons (Fsp3) is 0.417. The average Bonchev–Trinajstić information content (AvgIpc) is 2.28. The summed E-state index contributed by atoms with van der Waals surface area (Å²) in [6.07, 6.45) is 3.00. The first-order valence-electron chi connectivity index (χ1n) is 5.67. The van der Waals surface area contributed by atoms with Gasteiger partial charge in [0.2, 0.25) is 0 Å². The predicted molar refractivity (Wildman–Crippen MR) is 60.0 cm³/mol. The number of hydrogen-bond donors (Lipinski definition) is 1. The van der Waals surface area contributed by atoms with E-state index < -0.39 is 10.2 Å². The number of ether oxygens (including phenoxy) is 1. The number of fused-ring (bicyclic) bond motifs is 1. The minimum atomic E-state index is -4.69. The van der Waals surface area contributed by atoms with Crippen molar-refractivity contribution in [2.45, 2.75) is 19.3 Å². The lowest BCUT2D eigenvalue weighted by atomic mass is 9.99. The van der Waals surface area contributed by atoms with Crippen LogP contribution < -0.4 is 14.0 Å². The van der Waals surface area contributed by atoms with E-state index in [2.05, 4.69) is 29.3 Å². The number of nitrogens with zero attached hydrogens (tertiary/aromatic N) is 1. The minimum Gasteiger partial charge on any atom is -0.484 e. The molecule has 0 fully saturated rings. The SMILES string of the molecule is COC1=NCCc2ccccc2CC1.[O-][Cl+3]([O-])([O-])O. The number of methoxy groups -OCH3 is 1. The molecule has 0 radical (unpaired) electrons. The molecule has 0 saturated heterocycles. The zero-order chi connectivity index (χ0) is 14.3. The molecule has 1 heterocycles. The maximum atomic E-state index is 8.60. The average molecular weight is 290 g/mol. The van der Waals surface area contributed by atoms with Gasteiger partial charge in [-0.25, -0.2) is 0 Å². The molecule has 1 aromatic carbocycles. The molecule has 2 rings (SSSR count). The molecule has 0 saturated carbocycles. The molecule has 0 aromatic heterocycles. The van der Waals surface area contributed by atoms with Crippen molar-refractivity contribution in [1.29, 1.82) is 0 Å². The van der Waals surface area contributed by atoms with Crippen LogP contribution >= 0.6 is 0 Å². The highest BCUT2D eigenvalue weighted by Crippen LogP contribution is 2.14. The smallest absolute Gasteiger partial charge is 0.183 e. The molecule has 0 aliphatic carbocycles. The van der Waals surface area contributed by atoms with Gasteiger partial charge in [0.1, 0.15) is 0 Å². The lowest BCUT2D eigenvalue weighted by Crippen LogP contribution is -2.58. The highest BCUT2D eigenvalue weighted by molar-refractivity contribution is 5.76. The van der Waals surface area contributed by atoms with Crippen LogP contribution in [0.4, 0.5) is 0 Å². The molecule has 0 amide bonds. The Kier molecular flexibility index (Phi) is 6.20. The standard InChI is InChI=1S/C12H15NO.ClHO4/c1-14-12-7-6-10-4-2-3-5-11(10)8-9-13-12;2-1(3,4)5/h2-5H,6-9H2,1H3;(H,2,3,4,5). The van der Waals surface area contributed by atoms with E-state index in [9.17, 15) is 0 Å². The largest absolute Gasteiger partial charge is 0.484 e. The van der Waals surface area contributed by atoms with E-state index in [4.69, 9.17) is 23.4 Å². The number of rotatable bonds is 0. The third-order valence-corrected chi connectivity index (χ3v) is 2.63. The molecule has 106 valence electrons. The van der Waals surface area contributed by atoms with Crippen LogP contribution in [0.2, 0.25) is 0 Å². The van der Waals surface area contributed by atoms with E-state index >= 15 is 0 Å². The van der Waals surface area contributed by atoms with Crippen LogP contribution in [0.25, 0.3) is 0 Å². The van der Waals surface area contributed by atoms with E-state index in [0.29, 0.717) is 0 Å². The Morgan fingerprint density at radius 1 is 1.11 bits per heavy atom. The number of aliphatic imine (C=N–C) groups is 1. The zero-order valence-electron chi connectivity index (χ0n) is 10.5. The van der Waals surface area contributed by atoms with E-state index in [0.717, 1.165) is 31.7 Å². The first kappa shape index (κ1) is 15.9. The summed E-state index contributed by atoms with van der Waals surface area (Å²) >= 11 is 0. The minimum absolute atomic E-state index is 0.847. The van der Waals surface area contributed by atoms with Crippen molar-refractivity contribution in [3.63, 3.8) is 0 Å². The Morgan fingerprint density at radius 3 is 2.16 bits per heavy atom. The van der Waals surface area contributed by atoms with Crippen LogP contribution in [-0.4, -0.2) is 24.2 Å². The van der Waals surface area contributed by atoms with Crippen molar-refractivity contribution < 1.29 is 33.6 Å². The monoisotopic (exact) mass is 289 g/mol. The molecule has 7 heteroatoms. The Bertz CT molecular complexity index is 424. The van der Waals surface area contributed by atoms with Gasteiger partial charge >= 0.3 is 0 Å². The second kappa shape index (κ2) is 7.42. The summed E-state index contributed by atoms with van der Waals surface area (Å²) in [6, 6.07) is 8.60. The highest BCUT2D eigenvalue weighted by Gasteiger charge is 2.07. The van der Waals surface area contributed by atoms with Gasteiger partial charge in [0, 0.05) is 13.0 Å². The molecule has 0 atom stereocenters. The van der Waals surface area contributed by atoms with Gasteiger partial charge in [0.15, 0.2) is 5.90 Å². The van der Waals surface area contributed by atoms with Gasteiger partial charge in [0.05, 0.1) is 22.0 Å². The summed E-state index contributed by atoms with van der Waals surface area (Å²) in [7, 11) is -2.99. The molecule has 19 heavy (non-hydrogen) atoms. The summed E-state index contributed by atoms with van der Waals surface area (Å²) in [5.74, 6) is 0.888. The van der Waals surface area contributed by atoms with Gasteiger partial charge in [-0.2, -0.15) is 14.0 Å². The third-order valence-electron chi connectivity index (χ3n) is 2.63. The second-order valence-corrected chi connectivity index (χ2v) is 4.69. The molecule has 1 aliphatic rings. The van der Waals surface area contributed by atoms with Crippen molar-refractivity contribution in [2.75, 3.05) is 13.7 Å². The van der Waals surface area contributed by atoms with Gasteiger partial charge in [0.25, 0.3) is 0 Å². The Balaban J connectivity index is 0.000000312. The van der Waals surface area contributed by atoms with Crippen molar-refractivity contribution in [1.82, 2.24) is 0 Å². The summed E-state index contributed by atoms with van der Waals surface area (Å²) < 4.78 is 37.9. The summed E-state index contributed by atoms with van der Waals surface area (Å²) in [5.41, 5.74) is 2.88. The molecule has 0 unspecified atom stereocenters. The van der Waals surface area contributed by atoms with Crippen molar-refractivity contribution >= 4 is 5.90 Å². The van der Waals surface area contributed by atoms with Gasteiger partial charge < -0.3 is 4.74 Å². The van der Waals surface area contributed by atoms with E-state index in [1.54, 1.807) is 7.11 Å². The Hall–Kier alpha value is -1.18. The first-order chi connectivity index (χ1) is 8.90. The lowest BCUT2D eigenvalue weighted by molar-refractivity contribution is -1.92. The summed E-state index contributed by atoms with van der Waals surface area (Å²) in [6.45, 7) is 0.847. The molecule has 1 N–H and O–H groups in total. The normalized spacial score (nSPS) is 15.1. The Morgan fingerprint density at radius 2 is 1.63 bits per heavy atom. The van der Waals surface area contributed by atoms with E-state index in [-0.39, 0.29) is 0 Å². The van der Waals surface area contributed by atoms with Crippen LogP contribution in [0.3, 0.4) is 0 Å². The van der Waals surface area contributed by atoms with Crippen LogP contribution in [0.15, 0.2) is 29.3 Å². The third kappa shape index (κ3) is 7.09. The van der Waals surface area contributed by atoms with Crippen LogP contribution in [0.1, 0.15) is 17.5 Å². The zero-order valence-corrected chi connectivity index (χ0v) is 11.3. The van der Waals surface area contributed by atoms with Gasteiger partial charge in [-0.15, -0.1) is 0 Å². The lowest BCUT2D eigenvalue weighted by Gasteiger charge is -2.13. The summed E-state index contributed by atoms with van der Waals surface area (Å²) in [4.78, 5) is 4.39. The second-order valence-electron chi connectivity index (χ2n) is 3.89. The van der Waals surface area contributed by atoms with Gasteiger partial charge in [-0.3, -0.25) is 4.99 Å².